The topological polar surface area (TPSA) is 37.4 Å². The van der Waals surface area contributed by atoms with Crippen molar-refractivity contribution in [3.63, 3.8) is 0 Å². The number of fused-ring (bicyclic) bond motifs is 1. The summed E-state index contributed by atoms with van der Waals surface area (Å²) < 4.78 is 0. The highest BCUT2D eigenvalue weighted by Crippen LogP contribution is 2.31. The number of Topliss-reactive ketones (excluding diaryl/α,β-unsaturated/α-hetero) is 2. The summed E-state index contributed by atoms with van der Waals surface area (Å²) in [4.78, 5) is 26.6. The molecule has 0 amide bonds. The molecule has 0 saturated carbocycles. The fraction of sp³-hybridized carbons (Fsp3) is 0.333. The molecule has 100 valence electrons. The molecule has 0 aliphatic heterocycles. The maximum Gasteiger partial charge on any atom is 0.211 e. The summed E-state index contributed by atoms with van der Waals surface area (Å²) in [6.45, 7) is 6.51. The Morgan fingerprint density at radius 1 is 1.11 bits per heavy atom. The summed E-state index contributed by atoms with van der Waals surface area (Å²) >= 11 is 6.14. The third-order valence-electron chi connectivity index (χ3n) is 3.29. The predicted molar refractivity (Wildman–Crippen MR) is 75.5 cm³/mol. The highest BCUT2D eigenvalue weighted by Gasteiger charge is 2.34. The van der Waals surface area contributed by atoms with Crippen LogP contribution in [0, 0.1) is 0 Å². The molecule has 0 spiro atoms. The van der Waals surface area contributed by atoms with Crippen molar-refractivity contribution in [2.75, 3.05) is 6.54 Å². The minimum atomic E-state index is -0.272. The Kier molecular flexibility index (Phi) is 3.76. The summed E-state index contributed by atoms with van der Waals surface area (Å²) in [5, 5.41) is 0.0271. The first kappa shape index (κ1) is 13.8. The van der Waals surface area contributed by atoms with Crippen LogP contribution in [0.2, 0.25) is 0 Å². The SMILES string of the molecule is CCN(C1=C(Cl)C(=O)c2ccccc2C1=O)C(C)C. The molecular weight excluding hydrogens is 262 g/mol. The van der Waals surface area contributed by atoms with Gasteiger partial charge in [0.1, 0.15) is 10.7 Å². The Labute approximate surface area is 117 Å². The molecule has 1 aliphatic rings. The highest BCUT2D eigenvalue weighted by molar-refractivity contribution is 6.49. The van der Waals surface area contributed by atoms with E-state index in [1.54, 1.807) is 24.3 Å². The third-order valence-corrected chi connectivity index (χ3v) is 3.64. The van der Waals surface area contributed by atoms with E-state index in [0.717, 1.165) is 0 Å². The Balaban J connectivity index is 2.60. The summed E-state index contributed by atoms with van der Waals surface area (Å²) in [5.41, 5.74) is 1.15. The standard InChI is InChI=1S/C15H16ClNO2/c1-4-17(9(2)3)13-12(16)14(18)10-7-5-6-8-11(10)15(13)19/h5-9H,4H2,1-3H3. The van der Waals surface area contributed by atoms with Gasteiger partial charge in [0.25, 0.3) is 0 Å². The van der Waals surface area contributed by atoms with Crippen LogP contribution in [0.3, 0.4) is 0 Å². The van der Waals surface area contributed by atoms with E-state index in [2.05, 4.69) is 0 Å². The lowest BCUT2D eigenvalue weighted by Crippen LogP contribution is -2.37. The van der Waals surface area contributed by atoms with E-state index in [1.165, 1.54) is 0 Å². The van der Waals surface area contributed by atoms with Crippen molar-refractivity contribution in [2.45, 2.75) is 26.8 Å². The fourth-order valence-corrected chi connectivity index (χ4v) is 2.67. The van der Waals surface area contributed by atoms with E-state index in [0.29, 0.717) is 23.4 Å². The Morgan fingerprint density at radius 3 is 2.11 bits per heavy atom. The first-order valence-electron chi connectivity index (χ1n) is 6.33. The van der Waals surface area contributed by atoms with Gasteiger partial charge in [0, 0.05) is 23.7 Å². The molecule has 19 heavy (non-hydrogen) atoms. The number of carbonyl (C=O) groups excluding carboxylic acids is 2. The number of likely N-dealkylation sites (N-methyl/N-ethyl adjacent to an activating group) is 1. The number of rotatable bonds is 3. The van der Waals surface area contributed by atoms with Gasteiger partial charge in [-0.15, -0.1) is 0 Å². The van der Waals surface area contributed by atoms with Crippen molar-refractivity contribution in [2.24, 2.45) is 0 Å². The number of nitrogens with zero attached hydrogens (tertiary/aromatic N) is 1. The summed E-state index contributed by atoms with van der Waals surface area (Å²) in [7, 11) is 0. The van der Waals surface area contributed by atoms with Crippen molar-refractivity contribution in [3.05, 3.63) is 46.1 Å². The molecule has 3 nitrogen and oxygen atoms in total. The summed E-state index contributed by atoms with van der Waals surface area (Å²) in [6.07, 6.45) is 0. The van der Waals surface area contributed by atoms with E-state index in [9.17, 15) is 9.59 Å². The number of benzene rings is 1. The largest absolute Gasteiger partial charge is 0.365 e. The average molecular weight is 278 g/mol. The monoisotopic (exact) mass is 277 g/mol. The van der Waals surface area contributed by atoms with E-state index < -0.39 is 0 Å². The van der Waals surface area contributed by atoms with Gasteiger partial charge < -0.3 is 4.90 Å². The normalized spacial score (nSPS) is 15.0. The van der Waals surface area contributed by atoms with Crippen molar-refractivity contribution in [1.82, 2.24) is 4.90 Å². The third kappa shape index (κ3) is 2.19. The Bertz CT molecular complexity index is 575. The van der Waals surface area contributed by atoms with Crippen LogP contribution < -0.4 is 0 Å². The molecule has 2 rings (SSSR count). The van der Waals surface area contributed by atoms with Crippen LogP contribution in [0.5, 0.6) is 0 Å². The lowest BCUT2D eigenvalue weighted by atomic mass is 9.91. The van der Waals surface area contributed by atoms with Crippen molar-refractivity contribution in [3.8, 4) is 0 Å². The molecule has 0 unspecified atom stereocenters. The minimum absolute atomic E-state index is 0.0271. The zero-order valence-electron chi connectivity index (χ0n) is 11.2. The van der Waals surface area contributed by atoms with Crippen LogP contribution in [0.4, 0.5) is 0 Å². The lowest BCUT2D eigenvalue weighted by Gasteiger charge is -2.32. The number of ketones is 2. The van der Waals surface area contributed by atoms with Crippen LogP contribution in [0.25, 0.3) is 0 Å². The van der Waals surface area contributed by atoms with Gasteiger partial charge in [0.2, 0.25) is 11.6 Å². The molecule has 1 aliphatic carbocycles. The quantitative estimate of drug-likeness (QED) is 0.851. The number of hydrogen-bond donors (Lipinski definition) is 0. The summed E-state index contributed by atoms with van der Waals surface area (Å²) in [6, 6.07) is 6.91. The first-order valence-corrected chi connectivity index (χ1v) is 6.71. The van der Waals surface area contributed by atoms with Gasteiger partial charge in [-0.25, -0.2) is 0 Å². The predicted octanol–water partition coefficient (Wildman–Crippen LogP) is 3.25. The van der Waals surface area contributed by atoms with Gasteiger partial charge in [-0.2, -0.15) is 0 Å². The second-order valence-corrected chi connectivity index (χ2v) is 5.12. The molecule has 4 heteroatoms. The van der Waals surface area contributed by atoms with Crippen LogP contribution >= 0.6 is 11.6 Å². The number of hydrogen-bond acceptors (Lipinski definition) is 3. The number of carbonyl (C=O) groups is 2. The zero-order valence-corrected chi connectivity index (χ0v) is 12.0. The van der Waals surface area contributed by atoms with Crippen molar-refractivity contribution >= 4 is 23.2 Å². The van der Waals surface area contributed by atoms with Gasteiger partial charge in [-0.3, -0.25) is 9.59 Å². The van der Waals surface area contributed by atoms with E-state index in [1.807, 2.05) is 25.7 Å². The number of halogens is 1. The van der Waals surface area contributed by atoms with E-state index in [-0.39, 0.29) is 22.6 Å². The van der Waals surface area contributed by atoms with Crippen LogP contribution in [0.15, 0.2) is 35.0 Å². The van der Waals surface area contributed by atoms with Gasteiger partial charge in [-0.1, -0.05) is 35.9 Å². The maximum absolute atomic E-state index is 12.5. The maximum atomic E-state index is 12.5. The molecular formula is C15H16ClNO2. The zero-order chi connectivity index (χ0) is 14.2. The molecule has 0 N–H and O–H groups in total. The molecule has 0 heterocycles. The van der Waals surface area contributed by atoms with E-state index in [4.69, 9.17) is 11.6 Å². The molecule has 0 aromatic heterocycles. The molecule has 1 aromatic rings. The van der Waals surface area contributed by atoms with Crippen LogP contribution in [-0.2, 0) is 0 Å². The molecule has 0 fully saturated rings. The minimum Gasteiger partial charge on any atom is -0.365 e. The second-order valence-electron chi connectivity index (χ2n) is 4.75. The fourth-order valence-electron chi connectivity index (χ4n) is 2.37. The van der Waals surface area contributed by atoms with Gasteiger partial charge >= 0.3 is 0 Å². The molecule has 0 saturated heterocycles. The summed E-state index contributed by atoms with van der Waals surface area (Å²) in [5.74, 6) is -0.443. The Hall–Kier alpha value is -1.61. The lowest BCUT2D eigenvalue weighted by molar-refractivity contribution is 0.0938. The van der Waals surface area contributed by atoms with Gasteiger partial charge in [0.05, 0.1) is 0 Å². The average Bonchev–Trinajstić information content (AvgIpc) is 2.40. The Morgan fingerprint density at radius 2 is 1.63 bits per heavy atom. The van der Waals surface area contributed by atoms with Gasteiger partial charge in [0.15, 0.2) is 0 Å². The molecule has 0 atom stereocenters. The highest BCUT2D eigenvalue weighted by atomic mass is 35.5. The molecule has 0 bridgehead atoms. The van der Waals surface area contributed by atoms with Crippen LogP contribution in [0.1, 0.15) is 41.5 Å². The van der Waals surface area contributed by atoms with Crippen LogP contribution in [-0.4, -0.2) is 29.1 Å². The van der Waals surface area contributed by atoms with Crippen molar-refractivity contribution in [1.29, 1.82) is 0 Å². The van der Waals surface area contributed by atoms with E-state index >= 15 is 0 Å². The smallest absolute Gasteiger partial charge is 0.211 e. The molecule has 1 aromatic carbocycles. The molecule has 0 radical (unpaired) electrons. The van der Waals surface area contributed by atoms with Crippen molar-refractivity contribution < 1.29 is 9.59 Å². The second kappa shape index (κ2) is 5.17. The number of allylic oxidation sites excluding steroid dienone is 2. The van der Waals surface area contributed by atoms with Gasteiger partial charge in [-0.05, 0) is 20.8 Å². The first-order chi connectivity index (χ1) is 8.99.